The molecule has 1 spiro atoms. The van der Waals surface area contributed by atoms with E-state index in [1.807, 2.05) is 6.20 Å². The highest BCUT2D eigenvalue weighted by molar-refractivity contribution is 5.98. The van der Waals surface area contributed by atoms with Crippen LogP contribution in [-0.2, 0) is 11.8 Å². The van der Waals surface area contributed by atoms with Gasteiger partial charge < -0.3 is 4.74 Å². The van der Waals surface area contributed by atoms with E-state index in [9.17, 15) is 0 Å². The fraction of sp³-hybridized carbons (Fsp3) is 0.188. The lowest BCUT2D eigenvalue weighted by molar-refractivity contribution is 0.372. The van der Waals surface area contributed by atoms with Gasteiger partial charge in [-0.25, -0.2) is 0 Å². The van der Waals surface area contributed by atoms with Gasteiger partial charge in [-0.2, -0.15) is 0 Å². The fourth-order valence-corrected chi connectivity index (χ4v) is 3.82. The average molecular weight is 233 g/mol. The van der Waals surface area contributed by atoms with Crippen molar-refractivity contribution in [2.75, 3.05) is 0 Å². The van der Waals surface area contributed by atoms with Gasteiger partial charge in [-0.15, -0.1) is 0 Å². The van der Waals surface area contributed by atoms with Crippen molar-refractivity contribution < 1.29 is 4.74 Å². The maximum atomic E-state index is 6.08. The van der Waals surface area contributed by atoms with Crippen LogP contribution in [0.4, 0.5) is 0 Å². The Bertz CT molecular complexity index is 708. The van der Waals surface area contributed by atoms with Gasteiger partial charge in [0.15, 0.2) is 0 Å². The van der Waals surface area contributed by atoms with Crippen molar-refractivity contribution in [3.63, 3.8) is 0 Å². The molecule has 2 nitrogen and oxygen atoms in total. The molecule has 2 aliphatic heterocycles. The quantitative estimate of drug-likeness (QED) is 0.675. The van der Waals surface area contributed by atoms with Crippen LogP contribution in [0.3, 0.4) is 0 Å². The third-order valence-corrected chi connectivity index (χ3v) is 4.50. The SMILES string of the molecule is C1=CC2C3=NC=CC24C(=C1)Oc1cccc(c14)C3. The minimum Gasteiger partial charge on any atom is -0.460 e. The highest BCUT2D eigenvalue weighted by atomic mass is 16.5. The molecule has 18 heavy (non-hydrogen) atoms. The van der Waals surface area contributed by atoms with E-state index in [4.69, 9.17) is 4.74 Å². The maximum Gasteiger partial charge on any atom is 0.131 e. The van der Waals surface area contributed by atoms with Crippen LogP contribution in [0.25, 0.3) is 0 Å². The molecule has 0 radical (unpaired) electrons. The van der Waals surface area contributed by atoms with E-state index in [2.05, 4.69) is 47.5 Å². The van der Waals surface area contributed by atoms with Gasteiger partial charge in [-0.3, -0.25) is 4.99 Å². The summed E-state index contributed by atoms with van der Waals surface area (Å²) in [4.78, 5) is 4.59. The normalized spacial score (nSPS) is 32.6. The van der Waals surface area contributed by atoms with Crippen LogP contribution in [-0.4, -0.2) is 5.71 Å². The predicted octanol–water partition coefficient (Wildman–Crippen LogP) is 2.91. The van der Waals surface area contributed by atoms with Crippen LogP contribution in [0.15, 0.2) is 59.5 Å². The molecule has 0 saturated carbocycles. The van der Waals surface area contributed by atoms with E-state index in [0.717, 1.165) is 17.9 Å². The second-order valence-corrected chi connectivity index (χ2v) is 5.27. The maximum absolute atomic E-state index is 6.08. The van der Waals surface area contributed by atoms with E-state index in [1.165, 1.54) is 16.8 Å². The molecule has 2 heterocycles. The summed E-state index contributed by atoms with van der Waals surface area (Å²) < 4.78 is 6.08. The molecule has 86 valence electrons. The number of hydrogen-bond donors (Lipinski definition) is 0. The monoisotopic (exact) mass is 233 g/mol. The van der Waals surface area contributed by atoms with Gasteiger partial charge in [0.25, 0.3) is 0 Å². The van der Waals surface area contributed by atoms with Crippen LogP contribution >= 0.6 is 0 Å². The molecular weight excluding hydrogens is 222 g/mol. The summed E-state index contributed by atoms with van der Waals surface area (Å²) >= 11 is 0. The van der Waals surface area contributed by atoms with Gasteiger partial charge >= 0.3 is 0 Å². The first kappa shape index (κ1) is 8.92. The molecule has 2 atom stereocenters. The zero-order valence-corrected chi connectivity index (χ0v) is 9.76. The molecule has 2 bridgehead atoms. The van der Waals surface area contributed by atoms with Gasteiger partial charge in [0, 0.05) is 29.8 Å². The van der Waals surface area contributed by atoms with Gasteiger partial charge in [0.1, 0.15) is 11.5 Å². The van der Waals surface area contributed by atoms with E-state index in [1.54, 1.807) is 0 Å². The van der Waals surface area contributed by atoms with Crippen LogP contribution in [0.1, 0.15) is 11.1 Å². The second kappa shape index (κ2) is 2.66. The molecule has 4 aliphatic rings. The summed E-state index contributed by atoms with van der Waals surface area (Å²) in [7, 11) is 0. The number of rotatable bonds is 0. The Hall–Kier alpha value is -2.09. The second-order valence-electron chi connectivity index (χ2n) is 5.27. The van der Waals surface area contributed by atoms with Gasteiger partial charge in [0.05, 0.1) is 5.41 Å². The summed E-state index contributed by atoms with van der Waals surface area (Å²) in [5.41, 5.74) is 3.89. The molecule has 0 saturated heterocycles. The Morgan fingerprint density at radius 2 is 2.33 bits per heavy atom. The standard InChI is InChI=1S/C16H11NO/c1-3-10-9-12-11-4-2-6-14-16(11,7-8-17-12)15(10)13(5-1)18-14/h1-8,11H,9H2. The average Bonchev–Trinajstić information content (AvgIpc) is 2.70. The van der Waals surface area contributed by atoms with Crippen LogP contribution in [0, 0.1) is 5.92 Å². The fourth-order valence-electron chi connectivity index (χ4n) is 3.82. The summed E-state index contributed by atoms with van der Waals surface area (Å²) in [6.45, 7) is 0. The van der Waals surface area contributed by atoms with Crippen molar-refractivity contribution in [3.05, 3.63) is 65.6 Å². The van der Waals surface area contributed by atoms with E-state index < -0.39 is 0 Å². The number of allylic oxidation sites excluding steroid dienone is 4. The third-order valence-electron chi connectivity index (χ3n) is 4.50. The zero-order chi connectivity index (χ0) is 11.7. The Kier molecular flexibility index (Phi) is 1.32. The summed E-state index contributed by atoms with van der Waals surface area (Å²) in [5.74, 6) is 2.43. The van der Waals surface area contributed by atoms with Crippen LogP contribution in [0.5, 0.6) is 5.75 Å². The largest absolute Gasteiger partial charge is 0.460 e. The van der Waals surface area contributed by atoms with E-state index in [0.29, 0.717) is 5.92 Å². The molecule has 0 aromatic heterocycles. The Balaban J connectivity index is 1.98. The van der Waals surface area contributed by atoms with Crippen molar-refractivity contribution in [2.24, 2.45) is 10.9 Å². The van der Waals surface area contributed by atoms with Gasteiger partial charge in [-0.1, -0.05) is 24.3 Å². The van der Waals surface area contributed by atoms with Gasteiger partial charge in [0.2, 0.25) is 0 Å². The molecule has 0 N–H and O–H groups in total. The number of benzene rings is 1. The molecule has 1 aromatic carbocycles. The Labute approximate surface area is 105 Å². The topological polar surface area (TPSA) is 21.6 Å². The smallest absolute Gasteiger partial charge is 0.131 e. The van der Waals surface area contributed by atoms with Crippen molar-refractivity contribution in [2.45, 2.75) is 11.8 Å². The molecule has 0 amide bonds. The lowest BCUT2D eigenvalue weighted by Gasteiger charge is -2.42. The van der Waals surface area contributed by atoms with Crippen LogP contribution in [0.2, 0.25) is 0 Å². The van der Waals surface area contributed by atoms with Crippen molar-refractivity contribution >= 4 is 5.71 Å². The van der Waals surface area contributed by atoms with Crippen molar-refractivity contribution in [3.8, 4) is 5.75 Å². The summed E-state index contributed by atoms with van der Waals surface area (Å²) in [6.07, 6.45) is 11.6. The molecule has 1 aromatic rings. The van der Waals surface area contributed by atoms with E-state index >= 15 is 0 Å². The Morgan fingerprint density at radius 3 is 3.33 bits per heavy atom. The minimum absolute atomic E-state index is 0.101. The molecule has 0 fully saturated rings. The molecule has 5 rings (SSSR count). The molecule has 2 unspecified atom stereocenters. The predicted molar refractivity (Wildman–Crippen MR) is 69.7 cm³/mol. The van der Waals surface area contributed by atoms with Crippen molar-refractivity contribution in [1.82, 2.24) is 0 Å². The highest BCUT2D eigenvalue weighted by Gasteiger charge is 2.55. The first-order valence-corrected chi connectivity index (χ1v) is 6.33. The Morgan fingerprint density at radius 1 is 1.33 bits per heavy atom. The molecule has 2 heteroatoms. The number of ether oxygens (including phenoxy) is 1. The van der Waals surface area contributed by atoms with Gasteiger partial charge in [-0.05, 0) is 23.8 Å². The number of aliphatic imine (C=N–C) groups is 1. The first-order chi connectivity index (χ1) is 8.89. The minimum atomic E-state index is -0.101. The third kappa shape index (κ3) is 0.769. The highest BCUT2D eigenvalue weighted by Crippen LogP contribution is 2.58. The molecular formula is C16H11NO. The van der Waals surface area contributed by atoms with E-state index in [-0.39, 0.29) is 5.41 Å². The molecule has 2 aliphatic carbocycles. The zero-order valence-electron chi connectivity index (χ0n) is 9.76. The van der Waals surface area contributed by atoms with Crippen LogP contribution < -0.4 is 4.74 Å². The summed E-state index contributed by atoms with van der Waals surface area (Å²) in [5, 5.41) is 0. The lowest BCUT2D eigenvalue weighted by Crippen LogP contribution is -2.44. The lowest BCUT2D eigenvalue weighted by atomic mass is 9.60. The summed E-state index contributed by atoms with van der Waals surface area (Å²) in [6, 6.07) is 6.36. The van der Waals surface area contributed by atoms with Crippen molar-refractivity contribution in [1.29, 1.82) is 0 Å². The first-order valence-electron chi connectivity index (χ1n) is 6.33. The number of hydrogen-bond acceptors (Lipinski definition) is 2. The number of nitrogens with zero attached hydrogens (tertiary/aromatic N) is 1.